The third-order valence-electron chi connectivity index (χ3n) is 2.43. The van der Waals surface area contributed by atoms with Crippen molar-refractivity contribution in [1.82, 2.24) is 4.98 Å². The molecule has 0 aliphatic carbocycles. The first kappa shape index (κ1) is 13.1. The molecule has 0 spiro atoms. The third-order valence-corrected chi connectivity index (χ3v) is 4.56. The largest absolute Gasteiger partial charge is 0.261 e. The molecule has 0 fully saturated rings. The smallest absolute Gasteiger partial charge is 0.0591 e. The first-order valence-corrected chi connectivity index (χ1v) is 7.25. The van der Waals surface area contributed by atoms with Gasteiger partial charge in [-0.05, 0) is 39.7 Å². The van der Waals surface area contributed by atoms with Crippen LogP contribution in [0.25, 0.3) is 0 Å². The molecule has 0 amide bonds. The predicted octanol–water partition coefficient (Wildman–Crippen LogP) is 5.18. The van der Waals surface area contributed by atoms with E-state index >= 15 is 0 Å². The maximum atomic E-state index is 6.26. The molecule has 0 bridgehead atoms. The molecule has 0 N–H and O–H groups in total. The van der Waals surface area contributed by atoms with Crippen molar-refractivity contribution in [2.45, 2.75) is 11.2 Å². The lowest BCUT2D eigenvalue weighted by molar-refractivity contribution is 0.904. The number of nitrogens with zero attached hydrogens (tertiary/aromatic N) is 1. The summed E-state index contributed by atoms with van der Waals surface area (Å²) in [5.41, 5.74) is 2.12. The van der Waals surface area contributed by atoms with E-state index in [0.29, 0.717) is 0 Å². The van der Waals surface area contributed by atoms with Crippen LogP contribution in [-0.4, -0.2) is 4.98 Å². The molecule has 0 aliphatic heterocycles. The summed E-state index contributed by atoms with van der Waals surface area (Å²) in [6, 6.07) is 11.9. The Kier molecular flexibility index (Phi) is 4.60. The number of halogens is 3. The summed E-state index contributed by atoms with van der Waals surface area (Å²) in [4.78, 5) is 4.48. The van der Waals surface area contributed by atoms with Gasteiger partial charge in [0.05, 0.1) is 5.02 Å². The Morgan fingerprint density at radius 2 is 2.00 bits per heavy atom. The number of pyridine rings is 1. The predicted molar refractivity (Wildman–Crippen MR) is 78.8 cm³/mol. The number of rotatable bonds is 3. The Labute approximate surface area is 122 Å². The van der Waals surface area contributed by atoms with Crippen LogP contribution in [0.4, 0.5) is 0 Å². The number of benzene rings is 1. The average Bonchev–Trinajstić information content (AvgIpc) is 2.34. The van der Waals surface area contributed by atoms with E-state index in [1.54, 1.807) is 6.20 Å². The zero-order valence-corrected chi connectivity index (χ0v) is 12.8. The molecule has 0 aliphatic rings. The van der Waals surface area contributed by atoms with Crippen LogP contribution in [0.1, 0.15) is 16.1 Å². The lowest BCUT2D eigenvalue weighted by Gasteiger charge is -2.12. The topological polar surface area (TPSA) is 12.9 Å². The Morgan fingerprint density at radius 1 is 1.18 bits per heavy atom. The van der Waals surface area contributed by atoms with Gasteiger partial charge in [0, 0.05) is 27.6 Å². The highest BCUT2D eigenvalue weighted by atomic mass is 79.9. The molecule has 0 saturated heterocycles. The van der Waals surface area contributed by atoms with Crippen molar-refractivity contribution >= 4 is 43.5 Å². The second-order valence-electron chi connectivity index (χ2n) is 3.64. The molecule has 88 valence electrons. The molecule has 0 radical (unpaired) electrons. The summed E-state index contributed by atoms with van der Waals surface area (Å²) in [5.74, 6) is 0. The fourth-order valence-electron chi connectivity index (χ4n) is 1.57. The Hall–Kier alpha value is -0.380. The molecule has 1 atom stereocenters. The summed E-state index contributed by atoms with van der Waals surface area (Å²) >= 11 is 13.4. The monoisotopic (exact) mass is 373 g/mol. The number of hydrogen-bond acceptors (Lipinski definition) is 1. The molecule has 1 unspecified atom stereocenters. The van der Waals surface area contributed by atoms with Crippen molar-refractivity contribution in [1.29, 1.82) is 0 Å². The van der Waals surface area contributed by atoms with E-state index in [2.05, 4.69) is 36.8 Å². The zero-order valence-electron chi connectivity index (χ0n) is 8.91. The summed E-state index contributed by atoms with van der Waals surface area (Å²) < 4.78 is 0.919. The van der Waals surface area contributed by atoms with Crippen molar-refractivity contribution in [3.8, 4) is 0 Å². The minimum Gasteiger partial charge on any atom is -0.261 e. The van der Waals surface area contributed by atoms with Gasteiger partial charge < -0.3 is 0 Å². The normalized spacial score (nSPS) is 12.4. The molecule has 17 heavy (non-hydrogen) atoms. The zero-order chi connectivity index (χ0) is 12.3. The Balaban J connectivity index is 2.20. The van der Waals surface area contributed by atoms with Crippen molar-refractivity contribution in [3.05, 3.63) is 63.3 Å². The highest BCUT2D eigenvalue weighted by Gasteiger charge is 2.14. The van der Waals surface area contributed by atoms with E-state index in [1.807, 2.05) is 36.4 Å². The van der Waals surface area contributed by atoms with Gasteiger partial charge >= 0.3 is 0 Å². The highest BCUT2D eigenvalue weighted by molar-refractivity contribution is 9.10. The molecule has 1 aromatic carbocycles. The molecule has 0 saturated carbocycles. The first-order chi connectivity index (χ1) is 8.18. The lowest BCUT2D eigenvalue weighted by atomic mass is 10.1. The first-order valence-electron chi connectivity index (χ1n) is 5.16. The fraction of sp³-hybridized carbons (Fsp3) is 0.154. The van der Waals surface area contributed by atoms with Crippen LogP contribution in [-0.2, 0) is 6.42 Å². The van der Waals surface area contributed by atoms with Crippen LogP contribution in [0.2, 0.25) is 5.02 Å². The summed E-state index contributed by atoms with van der Waals surface area (Å²) in [5, 5.41) is 0.755. The maximum absolute atomic E-state index is 6.26. The van der Waals surface area contributed by atoms with Crippen molar-refractivity contribution in [2.24, 2.45) is 0 Å². The highest BCUT2D eigenvalue weighted by Crippen LogP contribution is 2.35. The maximum Gasteiger partial charge on any atom is 0.0591 e. The molecule has 1 nitrogen and oxygen atoms in total. The van der Waals surface area contributed by atoms with Crippen molar-refractivity contribution in [3.63, 3.8) is 0 Å². The van der Waals surface area contributed by atoms with Gasteiger partial charge in [-0.2, -0.15) is 0 Å². The summed E-state index contributed by atoms with van der Waals surface area (Å²) in [6.45, 7) is 0. The van der Waals surface area contributed by atoms with E-state index < -0.39 is 0 Å². The average molecular weight is 375 g/mol. The van der Waals surface area contributed by atoms with E-state index in [9.17, 15) is 0 Å². The summed E-state index contributed by atoms with van der Waals surface area (Å²) in [7, 11) is 0. The van der Waals surface area contributed by atoms with Gasteiger partial charge in [-0.1, -0.05) is 45.7 Å². The van der Waals surface area contributed by atoms with Crippen LogP contribution in [0.3, 0.4) is 0 Å². The number of alkyl halides is 1. The van der Waals surface area contributed by atoms with Gasteiger partial charge in [0.1, 0.15) is 0 Å². The van der Waals surface area contributed by atoms with Crippen LogP contribution in [0, 0.1) is 0 Å². The van der Waals surface area contributed by atoms with Crippen LogP contribution < -0.4 is 0 Å². The van der Waals surface area contributed by atoms with Gasteiger partial charge in [0.15, 0.2) is 0 Å². The molecule has 2 aromatic rings. The minimum atomic E-state index is 0.169. The Bertz CT molecular complexity index is 502. The van der Waals surface area contributed by atoms with Crippen LogP contribution in [0.15, 0.2) is 47.1 Å². The molecular formula is C13H10Br2ClN. The molecule has 1 heterocycles. The third kappa shape index (κ3) is 3.30. The molecule has 2 rings (SSSR count). The van der Waals surface area contributed by atoms with Gasteiger partial charge in [-0.15, -0.1) is 0 Å². The number of hydrogen-bond donors (Lipinski definition) is 0. The lowest BCUT2D eigenvalue weighted by Crippen LogP contribution is -1.98. The molecular weight excluding hydrogens is 365 g/mol. The number of aromatic nitrogens is 1. The minimum absolute atomic E-state index is 0.169. The SMILES string of the molecule is Clc1c(Br)cccc1C(Br)Cc1ccccn1. The van der Waals surface area contributed by atoms with Gasteiger partial charge in [-0.25, -0.2) is 0 Å². The quantitative estimate of drug-likeness (QED) is 0.674. The standard InChI is InChI=1S/C13H10Br2ClN/c14-11-6-3-5-10(13(11)16)12(15)8-9-4-1-2-7-17-9/h1-7,12H,8H2. The second kappa shape index (κ2) is 5.98. The van der Waals surface area contributed by atoms with E-state index in [4.69, 9.17) is 11.6 Å². The Morgan fingerprint density at radius 3 is 2.71 bits per heavy atom. The van der Waals surface area contributed by atoms with Gasteiger partial charge in [0.25, 0.3) is 0 Å². The van der Waals surface area contributed by atoms with E-state index in [-0.39, 0.29) is 4.83 Å². The van der Waals surface area contributed by atoms with Gasteiger partial charge in [-0.3, -0.25) is 4.98 Å². The van der Waals surface area contributed by atoms with Crippen LogP contribution >= 0.6 is 43.5 Å². The molecule has 4 heteroatoms. The van der Waals surface area contributed by atoms with Crippen molar-refractivity contribution < 1.29 is 0 Å². The van der Waals surface area contributed by atoms with Crippen molar-refractivity contribution in [2.75, 3.05) is 0 Å². The van der Waals surface area contributed by atoms with Gasteiger partial charge in [0.2, 0.25) is 0 Å². The summed E-state index contributed by atoms with van der Waals surface area (Å²) in [6.07, 6.45) is 2.62. The second-order valence-corrected chi connectivity index (χ2v) is 5.97. The van der Waals surface area contributed by atoms with Crippen LogP contribution in [0.5, 0.6) is 0 Å². The van der Waals surface area contributed by atoms with E-state index in [0.717, 1.165) is 27.2 Å². The molecule has 1 aromatic heterocycles. The van der Waals surface area contributed by atoms with E-state index in [1.165, 1.54) is 0 Å². The fourth-order valence-corrected chi connectivity index (χ4v) is 3.06.